The molecule has 0 spiro atoms. The first-order chi connectivity index (χ1) is 11.8. The van der Waals surface area contributed by atoms with E-state index in [-0.39, 0.29) is 22.6 Å². The molecule has 0 bridgehead atoms. The van der Waals surface area contributed by atoms with Crippen molar-refractivity contribution in [2.24, 2.45) is 0 Å². The van der Waals surface area contributed by atoms with Gasteiger partial charge in [0.05, 0.1) is 0 Å². The summed E-state index contributed by atoms with van der Waals surface area (Å²) in [6.45, 7) is 0. The molecule has 0 aliphatic heterocycles. The van der Waals surface area contributed by atoms with Crippen LogP contribution in [-0.2, 0) is 17.1 Å². The minimum absolute atomic E-state index is 0. The van der Waals surface area contributed by atoms with Gasteiger partial charge in [-0.25, -0.2) is 12.1 Å². The maximum absolute atomic E-state index is 8.68. The summed E-state index contributed by atoms with van der Waals surface area (Å²) in [7, 11) is 0. The Balaban J connectivity index is 0.000000448. The van der Waals surface area contributed by atoms with E-state index in [4.69, 9.17) is 10.5 Å². The van der Waals surface area contributed by atoms with Crippen molar-refractivity contribution in [3.63, 3.8) is 0 Å². The van der Waals surface area contributed by atoms with Crippen LogP contribution in [-0.4, -0.2) is 0 Å². The van der Waals surface area contributed by atoms with E-state index in [0.29, 0.717) is 0 Å². The first-order valence-electron chi connectivity index (χ1n) is 7.50. The maximum atomic E-state index is 8.68. The summed E-state index contributed by atoms with van der Waals surface area (Å²) in [5.41, 5.74) is 3.21. The Kier molecular flexibility index (Phi) is 9.12. The van der Waals surface area contributed by atoms with Gasteiger partial charge in [0.1, 0.15) is 17.7 Å². The van der Waals surface area contributed by atoms with E-state index >= 15 is 0 Å². The average molecular weight is 364 g/mol. The molecule has 3 aromatic carbocycles. The molecule has 0 saturated carbocycles. The van der Waals surface area contributed by atoms with Crippen LogP contribution in [0.3, 0.4) is 0 Å². The minimum Gasteiger partial charge on any atom is -0.214 e. The van der Waals surface area contributed by atoms with E-state index in [0.717, 1.165) is 11.1 Å². The second kappa shape index (κ2) is 11.4. The summed E-state index contributed by atoms with van der Waals surface area (Å²) >= 11 is 0. The fourth-order valence-electron chi connectivity index (χ4n) is 1.97. The standard InChI is InChI=1S/C17H11N2.C5H5.Fe/c18-12-17(13-19)11-16-9-7-15(8-10-16)6-5-14-3-1-2-4-14;1-2-4-5-3-1;/h1-11H;1-5H;/q2*-1;+2. The summed E-state index contributed by atoms with van der Waals surface area (Å²) in [5.74, 6) is 0. The summed E-state index contributed by atoms with van der Waals surface area (Å²) in [6.07, 6.45) is 5.64. The predicted molar refractivity (Wildman–Crippen MR) is 98.6 cm³/mol. The van der Waals surface area contributed by atoms with Gasteiger partial charge in [-0.05, 0) is 11.6 Å². The molecule has 0 fully saturated rings. The molecular weight excluding hydrogens is 348 g/mol. The first kappa shape index (κ1) is 19.9. The minimum atomic E-state index is 0. The molecule has 0 aliphatic rings. The fourth-order valence-corrected chi connectivity index (χ4v) is 1.97. The summed E-state index contributed by atoms with van der Waals surface area (Å²) < 4.78 is 0. The first-order valence-corrected chi connectivity index (χ1v) is 7.50. The van der Waals surface area contributed by atoms with Gasteiger partial charge in [-0.3, -0.25) is 0 Å². The smallest absolute Gasteiger partial charge is 0.214 e. The van der Waals surface area contributed by atoms with Crippen LogP contribution in [0.25, 0.3) is 18.2 Å². The van der Waals surface area contributed by atoms with E-state index in [2.05, 4.69) is 0 Å². The van der Waals surface area contributed by atoms with Gasteiger partial charge in [0.25, 0.3) is 0 Å². The molecule has 0 atom stereocenters. The molecule has 2 nitrogen and oxygen atoms in total. The third kappa shape index (κ3) is 7.34. The van der Waals surface area contributed by atoms with Gasteiger partial charge in [0.15, 0.2) is 0 Å². The molecule has 0 saturated heterocycles. The zero-order valence-corrected chi connectivity index (χ0v) is 14.6. The van der Waals surface area contributed by atoms with Crippen molar-refractivity contribution >= 4 is 18.2 Å². The van der Waals surface area contributed by atoms with Gasteiger partial charge < -0.3 is 0 Å². The number of benzene rings is 1. The third-order valence-corrected chi connectivity index (χ3v) is 3.20. The third-order valence-electron chi connectivity index (χ3n) is 3.20. The summed E-state index contributed by atoms with van der Waals surface area (Å²) in [5, 5.41) is 17.4. The van der Waals surface area contributed by atoms with E-state index < -0.39 is 0 Å². The average Bonchev–Trinajstić information content (AvgIpc) is 3.35. The molecular formula is C22H16FeN2. The molecule has 25 heavy (non-hydrogen) atoms. The Morgan fingerprint density at radius 1 is 0.880 bits per heavy atom. The van der Waals surface area contributed by atoms with Gasteiger partial charge >= 0.3 is 17.1 Å². The van der Waals surface area contributed by atoms with Gasteiger partial charge in [-0.1, -0.05) is 29.8 Å². The Morgan fingerprint density at radius 3 is 1.92 bits per heavy atom. The molecule has 122 valence electrons. The fraction of sp³-hybridized carbons (Fsp3) is 0. The van der Waals surface area contributed by atoms with Gasteiger partial charge in [-0.2, -0.15) is 40.9 Å². The molecule has 3 rings (SSSR count). The van der Waals surface area contributed by atoms with E-state index in [1.165, 1.54) is 5.56 Å². The van der Waals surface area contributed by atoms with Gasteiger partial charge in [-0.15, -0.1) is 29.8 Å². The molecule has 0 amide bonds. The number of hydrogen-bond donors (Lipinski definition) is 0. The second-order valence-electron chi connectivity index (χ2n) is 4.96. The molecule has 0 unspecified atom stereocenters. The van der Waals surface area contributed by atoms with Crippen molar-refractivity contribution in [2.75, 3.05) is 0 Å². The molecule has 0 heterocycles. The van der Waals surface area contributed by atoms with Gasteiger partial charge in [0.2, 0.25) is 0 Å². The number of nitrogens with zero attached hydrogens (tertiary/aromatic N) is 2. The Morgan fingerprint density at radius 2 is 1.44 bits per heavy atom. The number of allylic oxidation sites excluding steroid dienone is 1. The van der Waals surface area contributed by atoms with Crippen LogP contribution in [0.2, 0.25) is 0 Å². The van der Waals surface area contributed by atoms with Crippen molar-refractivity contribution in [2.45, 2.75) is 0 Å². The van der Waals surface area contributed by atoms with E-state index in [1.807, 2.05) is 103 Å². The zero-order valence-electron chi connectivity index (χ0n) is 13.5. The van der Waals surface area contributed by atoms with E-state index in [9.17, 15) is 0 Å². The molecule has 3 aromatic rings. The van der Waals surface area contributed by atoms with Crippen molar-refractivity contribution in [1.82, 2.24) is 0 Å². The SMILES string of the molecule is N#CC(C#N)=Cc1ccc(C=C[c-]2cccc2)cc1.[Fe+2].c1cc[cH-]c1. The topological polar surface area (TPSA) is 47.6 Å². The van der Waals surface area contributed by atoms with E-state index in [1.54, 1.807) is 6.08 Å². The van der Waals surface area contributed by atoms with Crippen molar-refractivity contribution in [1.29, 1.82) is 10.5 Å². The van der Waals surface area contributed by atoms with Crippen LogP contribution in [0, 0.1) is 22.7 Å². The number of hydrogen-bond acceptors (Lipinski definition) is 2. The largest absolute Gasteiger partial charge is 2.00 e. The normalized spacial score (nSPS) is 9.04. The molecule has 0 N–H and O–H groups in total. The quantitative estimate of drug-likeness (QED) is 0.354. The Hall–Kier alpha value is -3.10. The molecule has 0 radical (unpaired) electrons. The zero-order chi connectivity index (χ0) is 17.0. The molecule has 0 aromatic heterocycles. The Bertz CT molecular complexity index is 821. The number of rotatable bonds is 3. The monoisotopic (exact) mass is 364 g/mol. The summed E-state index contributed by atoms with van der Waals surface area (Å²) in [4.78, 5) is 0. The predicted octanol–water partition coefficient (Wildman–Crippen LogP) is 5.41. The maximum Gasteiger partial charge on any atom is 2.00 e. The van der Waals surface area contributed by atoms with Crippen molar-refractivity contribution < 1.29 is 17.1 Å². The molecule has 0 aliphatic carbocycles. The van der Waals surface area contributed by atoms with Crippen LogP contribution >= 0.6 is 0 Å². The van der Waals surface area contributed by atoms with Crippen LogP contribution in [0.5, 0.6) is 0 Å². The van der Waals surface area contributed by atoms with Crippen molar-refractivity contribution in [3.05, 3.63) is 101 Å². The Labute approximate surface area is 159 Å². The van der Waals surface area contributed by atoms with Gasteiger partial charge in [0, 0.05) is 0 Å². The van der Waals surface area contributed by atoms with Crippen molar-refractivity contribution in [3.8, 4) is 12.1 Å². The number of nitriles is 2. The van der Waals surface area contributed by atoms with Crippen LogP contribution in [0.4, 0.5) is 0 Å². The van der Waals surface area contributed by atoms with Crippen LogP contribution in [0.1, 0.15) is 16.7 Å². The van der Waals surface area contributed by atoms with Crippen LogP contribution in [0.15, 0.2) is 84.4 Å². The van der Waals surface area contributed by atoms with Crippen LogP contribution < -0.4 is 0 Å². The second-order valence-corrected chi connectivity index (χ2v) is 4.96. The summed E-state index contributed by atoms with van der Waals surface area (Å²) in [6, 6.07) is 29.5. The molecule has 3 heteroatoms.